The second-order valence-corrected chi connectivity index (χ2v) is 5.24. The van der Waals surface area contributed by atoms with Crippen molar-refractivity contribution < 1.29 is 9.26 Å². The van der Waals surface area contributed by atoms with Crippen molar-refractivity contribution in [3.8, 4) is 5.75 Å². The standard InChI is InChI=1S/C16H23N3O2/c1-5-8-17-12(3)14-7-6-11(2)9-15(14)20-10-16-18-13(4)21-19-16/h6-7,9,12,17H,5,8,10H2,1-4H3. The van der Waals surface area contributed by atoms with Crippen LogP contribution in [0.15, 0.2) is 22.7 Å². The SMILES string of the molecule is CCCNC(C)c1ccc(C)cc1OCc1noc(C)n1. The van der Waals surface area contributed by atoms with E-state index in [0.717, 1.165) is 24.3 Å². The first-order chi connectivity index (χ1) is 10.1. The summed E-state index contributed by atoms with van der Waals surface area (Å²) in [6.07, 6.45) is 1.11. The second kappa shape index (κ2) is 7.22. The highest BCUT2D eigenvalue weighted by Crippen LogP contribution is 2.27. The minimum atomic E-state index is 0.243. The van der Waals surface area contributed by atoms with Crippen molar-refractivity contribution in [3.63, 3.8) is 0 Å². The fourth-order valence-electron chi connectivity index (χ4n) is 2.14. The van der Waals surface area contributed by atoms with Gasteiger partial charge in [-0.25, -0.2) is 0 Å². The van der Waals surface area contributed by atoms with Crippen LogP contribution < -0.4 is 10.1 Å². The van der Waals surface area contributed by atoms with Crippen molar-refractivity contribution >= 4 is 0 Å². The minimum Gasteiger partial charge on any atom is -0.485 e. The molecular formula is C16H23N3O2. The molecule has 0 radical (unpaired) electrons. The summed E-state index contributed by atoms with van der Waals surface area (Å²) < 4.78 is 10.8. The van der Waals surface area contributed by atoms with Crippen molar-refractivity contribution in [2.75, 3.05) is 6.54 Å². The van der Waals surface area contributed by atoms with Gasteiger partial charge in [0.15, 0.2) is 6.61 Å². The summed E-state index contributed by atoms with van der Waals surface area (Å²) in [7, 11) is 0. The van der Waals surface area contributed by atoms with E-state index in [1.54, 1.807) is 6.92 Å². The summed E-state index contributed by atoms with van der Waals surface area (Å²) in [6, 6.07) is 6.50. The lowest BCUT2D eigenvalue weighted by Crippen LogP contribution is -2.20. The number of aromatic nitrogens is 2. The van der Waals surface area contributed by atoms with Crippen LogP contribution in [0.4, 0.5) is 0 Å². The van der Waals surface area contributed by atoms with Crippen molar-refractivity contribution in [2.45, 2.75) is 46.8 Å². The molecule has 0 aliphatic heterocycles. The zero-order valence-electron chi connectivity index (χ0n) is 13.1. The Morgan fingerprint density at radius 1 is 1.33 bits per heavy atom. The zero-order valence-corrected chi connectivity index (χ0v) is 13.1. The topological polar surface area (TPSA) is 60.2 Å². The first-order valence-corrected chi connectivity index (χ1v) is 7.36. The third-order valence-electron chi connectivity index (χ3n) is 3.26. The monoisotopic (exact) mass is 289 g/mol. The average Bonchev–Trinajstić information content (AvgIpc) is 2.88. The summed E-state index contributed by atoms with van der Waals surface area (Å²) in [5, 5.41) is 7.33. The highest BCUT2D eigenvalue weighted by atomic mass is 16.5. The first kappa shape index (κ1) is 15.5. The Bertz CT molecular complexity index is 581. The van der Waals surface area contributed by atoms with E-state index in [2.05, 4.69) is 48.4 Å². The van der Waals surface area contributed by atoms with Gasteiger partial charge in [0.05, 0.1) is 0 Å². The highest BCUT2D eigenvalue weighted by Gasteiger charge is 2.12. The molecule has 0 bridgehead atoms. The molecule has 5 nitrogen and oxygen atoms in total. The van der Waals surface area contributed by atoms with Crippen LogP contribution in [0.3, 0.4) is 0 Å². The Balaban J connectivity index is 2.10. The van der Waals surface area contributed by atoms with E-state index in [1.165, 1.54) is 5.56 Å². The summed E-state index contributed by atoms with van der Waals surface area (Å²) in [5.41, 5.74) is 2.31. The maximum atomic E-state index is 5.89. The van der Waals surface area contributed by atoms with Gasteiger partial charge in [0.1, 0.15) is 5.75 Å². The lowest BCUT2D eigenvalue weighted by Gasteiger charge is -2.18. The Kier molecular flexibility index (Phi) is 5.33. The smallest absolute Gasteiger partial charge is 0.223 e. The van der Waals surface area contributed by atoms with Crippen molar-refractivity contribution in [1.82, 2.24) is 15.5 Å². The molecule has 1 atom stereocenters. The van der Waals surface area contributed by atoms with Crippen LogP contribution in [-0.2, 0) is 6.61 Å². The van der Waals surface area contributed by atoms with Crippen molar-refractivity contribution in [2.24, 2.45) is 0 Å². The summed E-state index contributed by atoms with van der Waals surface area (Å²) >= 11 is 0. The fraction of sp³-hybridized carbons (Fsp3) is 0.500. The summed E-state index contributed by atoms with van der Waals surface area (Å²) in [5.74, 6) is 1.98. The van der Waals surface area contributed by atoms with Gasteiger partial charge >= 0.3 is 0 Å². The van der Waals surface area contributed by atoms with Crippen LogP contribution in [0.25, 0.3) is 0 Å². The van der Waals surface area contributed by atoms with Crippen LogP contribution in [0.2, 0.25) is 0 Å². The molecule has 0 fully saturated rings. The third-order valence-corrected chi connectivity index (χ3v) is 3.26. The minimum absolute atomic E-state index is 0.243. The van der Waals surface area contributed by atoms with Gasteiger partial charge in [0.2, 0.25) is 11.7 Å². The number of nitrogens with one attached hydrogen (secondary N) is 1. The van der Waals surface area contributed by atoms with Gasteiger partial charge in [0.25, 0.3) is 0 Å². The molecule has 0 aliphatic rings. The lowest BCUT2D eigenvalue weighted by molar-refractivity contribution is 0.280. The quantitative estimate of drug-likeness (QED) is 0.847. The van der Waals surface area contributed by atoms with Crippen LogP contribution >= 0.6 is 0 Å². The first-order valence-electron chi connectivity index (χ1n) is 7.36. The number of rotatable bonds is 7. The average molecular weight is 289 g/mol. The van der Waals surface area contributed by atoms with E-state index >= 15 is 0 Å². The fourth-order valence-corrected chi connectivity index (χ4v) is 2.14. The van der Waals surface area contributed by atoms with Crippen molar-refractivity contribution in [3.05, 3.63) is 41.0 Å². The molecule has 1 aromatic heterocycles. The highest BCUT2D eigenvalue weighted by molar-refractivity contribution is 5.39. The molecule has 1 unspecified atom stereocenters. The normalized spacial score (nSPS) is 12.4. The van der Waals surface area contributed by atoms with Crippen LogP contribution in [0, 0.1) is 13.8 Å². The molecule has 0 saturated carbocycles. The Morgan fingerprint density at radius 2 is 2.14 bits per heavy atom. The molecule has 1 aromatic carbocycles. The Hall–Kier alpha value is -1.88. The Labute approximate surface area is 125 Å². The van der Waals surface area contributed by atoms with E-state index in [9.17, 15) is 0 Å². The van der Waals surface area contributed by atoms with Gasteiger partial charge in [-0.2, -0.15) is 4.98 Å². The number of nitrogens with zero attached hydrogens (tertiary/aromatic N) is 2. The van der Waals surface area contributed by atoms with E-state index in [-0.39, 0.29) is 6.04 Å². The molecule has 0 spiro atoms. The molecule has 0 saturated heterocycles. The van der Waals surface area contributed by atoms with E-state index in [0.29, 0.717) is 18.3 Å². The van der Waals surface area contributed by atoms with Gasteiger partial charge in [-0.05, 0) is 38.4 Å². The second-order valence-electron chi connectivity index (χ2n) is 5.24. The van der Waals surface area contributed by atoms with Crippen LogP contribution in [-0.4, -0.2) is 16.7 Å². The number of ether oxygens (including phenoxy) is 1. The van der Waals surface area contributed by atoms with Crippen LogP contribution in [0.5, 0.6) is 5.75 Å². The molecule has 0 aliphatic carbocycles. The molecule has 1 heterocycles. The Morgan fingerprint density at radius 3 is 2.81 bits per heavy atom. The number of aryl methyl sites for hydroxylation is 2. The van der Waals surface area contributed by atoms with Gasteiger partial charge in [-0.3, -0.25) is 0 Å². The van der Waals surface area contributed by atoms with Crippen LogP contribution in [0.1, 0.15) is 49.2 Å². The molecule has 1 N–H and O–H groups in total. The van der Waals surface area contributed by atoms with Gasteiger partial charge in [0, 0.05) is 18.5 Å². The van der Waals surface area contributed by atoms with E-state index in [4.69, 9.17) is 9.26 Å². The molecule has 2 aromatic rings. The summed E-state index contributed by atoms with van der Waals surface area (Å²) in [4.78, 5) is 4.15. The lowest BCUT2D eigenvalue weighted by atomic mass is 10.0. The largest absolute Gasteiger partial charge is 0.485 e. The molecule has 5 heteroatoms. The maximum Gasteiger partial charge on any atom is 0.223 e. The summed E-state index contributed by atoms with van der Waals surface area (Å²) in [6.45, 7) is 9.42. The van der Waals surface area contributed by atoms with E-state index < -0.39 is 0 Å². The van der Waals surface area contributed by atoms with E-state index in [1.807, 2.05) is 6.07 Å². The van der Waals surface area contributed by atoms with Crippen molar-refractivity contribution in [1.29, 1.82) is 0 Å². The molecule has 2 rings (SSSR count). The van der Waals surface area contributed by atoms with Gasteiger partial charge < -0.3 is 14.6 Å². The zero-order chi connectivity index (χ0) is 15.2. The van der Waals surface area contributed by atoms with Gasteiger partial charge in [-0.1, -0.05) is 24.2 Å². The predicted molar refractivity (Wildman–Crippen MR) is 81.3 cm³/mol. The molecule has 114 valence electrons. The molecule has 21 heavy (non-hydrogen) atoms. The van der Waals surface area contributed by atoms with Gasteiger partial charge in [-0.15, -0.1) is 0 Å². The maximum absolute atomic E-state index is 5.89. The number of hydrogen-bond donors (Lipinski definition) is 1. The molecular weight excluding hydrogens is 266 g/mol. The number of benzene rings is 1. The predicted octanol–water partition coefficient (Wildman–Crippen LogP) is 3.33. The number of hydrogen-bond acceptors (Lipinski definition) is 5. The third kappa shape index (κ3) is 4.29. The molecule has 0 amide bonds.